The molecule has 1 aromatic rings. The SMILES string of the molecule is COCC(N)C(=O)Nc1ccc(C(F)(F)F)cc1[N+](=O)[O-]. The second-order valence-corrected chi connectivity index (χ2v) is 4.04. The van der Waals surface area contributed by atoms with E-state index in [9.17, 15) is 28.1 Å². The number of nitro groups is 1. The summed E-state index contributed by atoms with van der Waals surface area (Å²) in [6.07, 6.45) is -4.72. The van der Waals surface area contributed by atoms with E-state index in [0.717, 1.165) is 6.07 Å². The van der Waals surface area contributed by atoms with Gasteiger partial charge in [-0.2, -0.15) is 13.2 Å². The zero-order valence-corrected chi connectivity index (χ0v) is 10.8. The number of carbonyl (C=O) groups excluding carboxylic acids is 1. The second-order valence-electron chi connectivity index (χ2n) is 4.04. The van der Waals surface area contributed by atoms with Crippen LogP contribution >= 0.6 is 0 Å². The largest absolute Gasteiger partial charge is 0.416 e. The van der Waals surface area contributed by atoms with Crippen LogP contribution < -0.4 is 11.1 Å². The third-order valence-corrected chi connectivity index (χ3v) is 2.46. The van der Waals surface area contributed by atoms with Crippen molar-refractivity contribution in [3.8, 4) is 0 Å². The van der Waals surface area contributed by atoms with Crippen molar-refractivity contribution in [2.75, 3.05) is 19.0 Å². The van der Waals surface area contributed by atoms with Gasteiger partial charge in [-0.3, -0.25) is 14.9 Å². The average Bonchev–Trinajstić information content (AvgIpc) is 2.37. The zero-order valence-electron chi connectivity index (χ0n) is 10.8. The molecule has 0 aliphatic rings. The molecule has 1 unspecified atom stereocenters. The number of nitrogens with one attached hydrogen (secondary N) is 1. The minimum Gasteiger partial charge on any atom is -0.383 e. The van der Waals surface area contributed by atoms with Crippen LogP contribution in [0.15, 0.2) is 18.2 Å². The Kier molecular flexibility index (Phi) is 5.22. The first-order chi connectivity index (χ1) is 9.66. The van der Waals surface area contributed by atoms with E-state index in [1.54, 1.807) is 0 Å². The molecule has 0 aliphatic heterocycles. The van der Waals surface area contributed by atoms with Crippen LogP contribution in [0, 0.1) is 10.1 Å². The van der Waals surface area contributed by atoms with Gasteiger partial charge in [-0.25, -0.2) is 0 Å². The Morgan fingerprint density at radius 3 is 2.62 bits per heavy atom. The van der Waals surface area contributed by atoms with Gasteiger partial charge in [0.05, 0.1) is 17.1 Å². The molecule has 0 aliphatic carbocycles. The third-order valence-electron chi connectivity index (χ3n) is 2.46. The molecule has 3 N–H and O–H groups in total. The molecule has 21 heavy (non-hydrogen) atoms. The molecule has 0 spiro atoms. The first-order valence-electron chi connectivity index (χ1n) is 5.58. The lowest BCUT2D eigenvalue weighted by Crippen LogP contribution is -2.39. The fraction of sp³-hybridized carbons (Fsp3) is 0.364. The number of nitrogens with zero attached hydrogens (tertiary/aromatic N) is 1. The van der Waals surface area contributed by atoms with Gasteiger partial charge in [0.1, 0.15) is 11.7 Å². The Hall–Kier alpha value is -2.20. The first kappa shape index (κ1) is 16.9. The van der Waals surface area contributed by atoms with Gasteiger partial charge in [-0.05, 0) is 12.1 Å². The summed E-state index contributed by atoms with van der Waals surface area (Å²) >= 11 is 0. The molecule has 0 aromatic heterocycles. The Labute approximate surface area is 117 Å². The Morgan fingerprint density at radius 1 is 1.52 bits per heavy atom. The Balaban J connectivity index is 3.08. The summed E-state index contributed by atoms with van der Waals surface area (Å²) in [6, 6.07) is 0.678. The Morgan fingerprint density at radius 2 is 2.14 bits per heavy atom. The van der Waals surface area contributed by atoms with Crippen LogP contribution in [0.3, 0.4) is 0 Å². The molecular weight excluding hydrogens is 295 g/mol. The van der Waals surface area contributed by atoms with Crippen LogP contribution in [-0.2, 0) is 15.7 Å². The smallest absolute Gasteiger partial charge is 0.383 e. The summed E-state index contributed by atoms with van der Waals surface area (Å²) < 4.78 is 42.2. The number of methoxy groups -OCH3 is 1. The number of nitro benzene ring substituents is 1. The minimum absolute atomic E-state index is 0.139. The fourth-order valence-corrected chi connectivity index (χ4v) is 1.45. The molecule has 0 saturated carbocycles. The number of alkyl halides is 3. The predicted molar refractivity (Wildman–Crippen MR) is 66.6 cm³/mol. The molecule has 0 radical (unpaired) electrons. The van der Waals surface area contributed by atoms with Crippen molar-refractivity contribution in [2.24, 2.45) is 5.73 Å². The average molecular weight is 307 g/mol. The number of anilines is 1. The van der Waals surface area contributed by atoms with Gasteiger partial charge >= 0.3 is 6.18 Å². The van der Waals surface area contributed by atoms with Crippen molar-refractivity contribution >= 4 is 17.3 Å². The molecule has 116 valence electrons. The second kappa shape index (κ2) is 6.50. The Bertz CT molecular complexity index is 548. The molecule has 0 heterocycles. The number of benzene rings is 1. The van der Waals surface area contributed by atoms with Crippen LogP contribution in [0.5, 0.6) is 0 Å². The summed E-state index contributed by atoms with van der Waals surface area (Å²) in [4.78, 5) is 21.4. The number of hydrogen-bond donors (Lipinski definition) is 2. The molecule has 1 atom stereocenters. The van der Waals surface area contributed by atoms with Gasteiger partial charge in [-0.15, -0.1) is 0 Å². The maximum Gasteiger partial charge on any atom is 0.416 e. The van der Waals surface area contributed by atoms with Gasteiger partial charge in [0.15, 0.2) is 0 Å². The monoisotopic (exact) mass is 307 g/mol. The number of rotatable bonds is 5. The highest BCUT2D eigenvalue weighted by Gasteiger charge is 2.33. The summed E-state index contributed by atoms with van der Waals surface area (Å²) in [6.45, 7) is -0.139. The van der Waals surface area contributed by atoms with Gasteiger partial charge in [0, 0.05) is 13.2 Å². The molecule has 7 nitrogen and oxygen atoms in total. The normalized spacial score (nSPS) is 12.8. The number of hydrogen-bond acceptors (Lipinski definition) is 5. The fourth-order valence-electron chi connectivity index (χ4n) is 1.45. The maximum atomic E-state index is 12.5. The van der Waals surface area contributed by atoms with E-state index in [0.29, 0.717) is 12.1 Å². The predicted octanol–water partition coefficient (Wildman–Crippen LogP) is 1.53. The van der Waals surface area contributed by atoms with E-state index >= 15 is 0 Å². The van der Waals surface area contributed by atoms with Crippen LogP contribution in [0.1, 0.15) is 5.56 Å². The standard InChI is InChI=1S/C11H12F3N3O4/c1-21-5-7(15)10(18)16-8-3-2-6(11(12,13)14)4-9(8)17(19)20/h2-4,7H,5,15H2,1H3,(H,16,18). The first-order valence-corrected chi connectivity index (χ1v) is 5.58. The van der Waals surface area contributed by atoms with E-state index < -0.39 is 34.3 Å². The van der Waals surface area contributed by atoms with E-state index in [-0.39, 0.29) is 12.3 Å². The van der Waals surface area contributed by atoms with Gasteiger partial charge in [0.2, 0.25) is 5.91 Å². The highest BCUT2D eigenvalue weighted by molar-refractivity contribution is 5.96. The summed E-state index contributed by atoms with van der Waals surface area (Å²) in [5.74, 6) is -0.806. The summed E-state index contributed by atoms with van der Waals surface area (Å²) in [5, 5.41) is 12.9. The van der Waals surface area contributed by atoms with Crippen LogP contribution in [0.4, 0.5) is 24.5 Å². The lowest BCUT2D eigenvalue weighted by molar-refractivity contribution is -0.384. The molecule has 0 saturated heterocycles. The van der Waals surface area contributed by atoms with E-state index in [1.165, 1.54) is 7.11 Å². The van der Waals surface area contributed by atoms with Gasteiger partial charge in [0.25, 0.3) is 5.69 Å². The van der Waals surface area contributed by atoms with Crippen molar-refractivity contribution in [3.05, 3.63) is 33.9 Å². The molecular formula is C11H12F3N3O4. The molecule has 1 amide bonds. The van der Waals surface area contributed by atoms with Crippen molar-refractivity contribution in [3.63, 3.8) is 0 Å². The molecule has 0 bridgehead atoms. The quantitative estimate of drug-likeness (QED) is 0.633. The van der Waals surface area contributed by atoms with E-state index in [4.69, 9.17) is 5.73 Å². The van der Waals surface area contributed by atoms with Crippen LogP contribution in [0.25, 0.3) is 0 Å². The lowest BCUT2D eigenvalue weighted by atomic mass is 10.1. The molecule has 10 heteroatoms. The van der Waals surface area contributed by atoms with Crippen molar-refractivity contribution in [2.45, 2.75) is 12.2 Å². The molecule has 1 aromatic carbocycles. The molecule has 1 rings (SSSR count). The topological polar surface area (TPSA) is 107 Å². The maximum absolute atomic E-state index is 12.5. The third kappa shape index (κ3) is 4.39. The van der Waals surface area contributed by atoms with Crippen molar-refractivity contribution in [1.82, 2.24) is 0 Å². The van der Waals surface area contributed by atoms with Gasteiger partial charge < -0.3 is 15.8 Å². The van der Waals surface area contributed by atoms with Gasteiger partial charge in [-0.1, -0.05) is 0 Å². The lowest BCUT2D eigenvalue weighted by Gasteiger charge is -2.12. The van der Waals surface area contributed by atoms with Crippen molar-refractivity contribution < 1.29 is 27.6 Å². The van der Waals surface area contributed by atoms with Crippen LogP contribution in [0.2, 0.25) is 0 Å². The van der Waals surface area contributed by atoms with Crippen LogP contribution in [-0.4, -0.2) is 30.6 Å². The highest BCUT2D eigenvalue weighted by Crippen LogP contribution is 2.34. The number of amides is 1. The zero-order chi connectivity index (χ0) is 16.2. The van der Waals surface area contributed by atoms with E-state index in [2.05, 4.69) is 10.1 Å². The van der Waals surface area contributed by atoms with Crippen molar-refractivity contribution in [1.29, 1.82) is 0 Å². The number of halogens is 3. The highest BCUT2D eigenvalue weighted by atomic mass is 19.4. The van der Waals surface area contributed by atoms with E-state index in [1.807, 2.05) is 0 Å². The molecule has 0 fully saturated rings. The number of ether oxygens (including phenoxy) is 1. The number of carbonyl (C=O) groups is 1. The summed E-state index contributed by atoms with van der Waals surface area (Å²) in [7, 11) is 1.30. The minimum atomic E-state index is -4.72. The number of nitrogens with two attached hydrogens (primary N) is 1. The summed E-state index contributed by atoms with van der Waals surface area (Å²) in [5.41, 5.74) is 2.98.